The summed E-state index contributed by atoms with van der Waals surface area (Å²) in [5.41, 5.74) is 1.41. The summed E-state index contributed by atoms with van der Waals surface area (Å²) in [4.78, 5) is 2.20. The minimum Gasteiger partial charge on any atom is -0.391 e. The second kappa shape index (κ2) is 4.38. The van der Waals surface area contributed by atoms with Crippen molar-refractivity contribution in [3.8, 4) is 6.07 Å². The zero-order chi connectivity index (χ0) is 12.5. The summed E-state index contributed by atoms with van der Waals surface area (Å²) < 4.78 is 0. The Bertz CT molecular complexity index is 448. The number of aliphatic hydroxyl groups excluding tert-OH is 1. The van der Waals surface area contributed by atoms with Gasteiger partial charge < -0.3 is 10.0 Å². The third-order valence-electron chi connectivity index (χ3n) is 3.66. The SMILES string of the molecule is CC1(C)C(O)CCCN1c1cccc(C#N)c1. The van der Waals surface area contributed by atoms with Crippen LogP contribution in [-0.4, -0.2) is 23.3 Å². The molecule has 0 spiro atoms. The topological polar surface area (TPSA) is 47.3 Å². The van der Waals surface area contributed by atoms with Gasteiger partial charge in [0.1, 0.15) is 0 Å². The van der Waals surface area contributed by atoms with Gasteiger partial charge in [-0.25, -0.2) is 0 Å². The summed E-state index contributed by atoms with van der Waals surface area (Å²) in [6, 6.07) is 9.74. The number of nitriles is 1. The largest absolute Gasteiger partial charge is 0.391 e. The van der Waals surface area contributed by atoms with E-state index in [2.05, 4.69) is 24.8 Å². The van der Waals surface area contributed by atoms with Crippen LogP contribution >= 0.6 is 0 Å². The van der Waals surface area contributed by atoms with Crippen molar-refractivity contribution in [3.63, 3.8) is 0 Å². The van der Waals surface area contributed by atoms with E-state index in [0.717, 1.165) is 25.1 Å². The Morgan fingerprint density at radius 2 is 2.24 bits per heavy atom. The molecule has 2 rings (SSSR count). The first-order valence-electron chi connectivity index (χ1n) is 6.01. The van der Waals surface area contributed by atoms with E-state index >= 15 is 0 Å². The first kappa shape index (κ1) is 11.9. The van der Waals surface area contributed by atoms with Crippen LogP contribution in [0, 0.1) is 11.3 Å². The van der Waals surface area contributed by atoms with Crippen molar-refractivity contribution in [2.24, 2.45) is 0 Å². The molecule has 1 unspecified atom stereocenters. The molecular formula is C14H18N2O. The highest BCUT2D eigenvalue weighted by Gasteiger charge is 2.37. The van der Waals surface area contributed by atoms with Crippen molar-refractivity contribution < 1.29 is 5.11 Å². The van der Waals surface area contributed by atoms with Gasteiger partial charge in [-0.3, -0.25) is 0 Å². The third-order valence-corrected chi connectivity index (χ3v) is 3.66. The maximum atomic E-state index is 10.1. The molecule has 0 radical (unpaired) electrons. The fourth-order valence-corrected chi connectivity index (χ4v) is 2.47. The van der Waals surface area contributed by atoms with E-state index in [1.54, 1.807) is 6.07 Å². The van der Waals surface area contributed by atoms with E-state index in [1.807, 2.05) is 18.2 Å². The lowest BCUT2D eigenvalue weighted by Gasteiger charge is -2.47. The standard InChI is InChI=1S/C14H18N2O/c1-14(2)13(17)7-4-8-16(14)12-6-3-5-11(9-12)10-15/h3,5-6,9,13,17H,4,7-8H2,1-2H3. The number of hydrogen-bond donors (Lipinski definition) is 1. The van der Waals surface area contributed by atoms with Crippen LogP contribution < -0.4 is 4.90 Å². The van der Waals surface area contributed by atoms with E-state index in [1.165, 1.54) is 0 Å². The molecule has 0 bridgehead atoms. The minimum absolute atomic E-state index is 0.271. The zero-order valence-electron chi connectivity index (χ0n) is 10.3. The Morgan fingerprint density at radius 1 is 1.47 bits per heavy atom. The third kappa shape index (κ3) is 2.13. The lowest BCUT2D eigenvalue weighted by Crippen LogP contribution is -2.56. The molecule has 17 heavy (non-hydrogen) atoms. The predicted octanol–water partition coefficient (Wildman–Crippen LogP) is 2.30. The molecule has 0 amide bonds. The lowest BCUT2D eigenvalue weighted by atomic mass is 9.86. The number of piperidine rings is 1. The molecule has 1 heterocycles. The minimum atomic E-state index is -0.318. The Labute approximate surface area is 102 Å². The Balaban J connectivity index is 2.35. The number of aliphatic hydroxyl groups is 1. The molecule has 1 fully saturated rings. The van der Waals surface area contributed by atoms with Gasteiger partial charge in [-0.1, -0.05) is 6.07 Å². The van der Waals surface area contributed by atoms with E-state index in [9.17, 15) is 5.11 Å². The van der Waals surface area contributed by atoms with Gasteiger partial charge in [-0.05, 0) is 44.9 Å². The molecule has 0 aliphatic carbocycles. The average molecular weight is 230 g/mol. The smallest absolute Gasteiger partial charge is 0.0992 e. The number of benzene rings is 1. The zero-order valence-corrected chi connectivity index (χ0v) is 10.3. The van der Waals surface area contributed by atoms with E-state index < -0.39 is 0 Å². The molecule has 1 aromatic carbocycles. The first-order chi connectivity index (χ1) is 8.05. The summed E-state index contributed by atoms with van der Waals surface area (Å²) in [5, 5.41) is 19.0. The molecule has 3 nitrogen and oxygen atoms in total. The highest BCUT2D eigenvalue weighted by atomic mass is 16.3. The summed E-state index contributed by atoms with van der Waals surface area (Å²) >= 11 is 0. The molecule has 0 saturated carbocycles. The van der Waals surface area contributed by atoms with Gasteiger partial charge in [0, 0.05) is 12.2 Å². The number of nitrogens with zero attached hydrogens (tertiary/aromatic N) is 2. The normalized spacial score (nSPS) is 23.2. The number of anilines is 1. The molecule has 1 atom stereocenters. The van der Waals surface area contributed by atoms with Crippen molar-refractivity contribution >= 4 is 5.69 Å². The first-order valence-corrected chi connectivity index (χ1v) is 6.01. The summed E-state index contributed by atoms with van der Waals surface area (Å²) in [6.45, 7) is 5.03. The maximum Gasteiger partial charge on any atom is 0.0992 e. The van der Waals surface area contributed by atoms with Crippen LogP contribution in [0.2, 0.25) is 0 Å². The van der Waals surface area contributed by atoms with Gasteiger partial charge in [-0.15, -0.1) is 0 Å². The van der Waals surface area contributed by atoms with Crippen molar-refractivity contribution in [2.75, 3.05) is 11.4 Å². The van der Waals surface area contributed by atoms with Crippen LogP contribution in [0.15, 0.2) is 24.3 Å². The van der Waals surface area contributed by atoms with Crippen LogP contribution in [0.1, 0.15) is 32.3 Å². The fraction of sp³-hybridized carbons (Fsp3) is 0.500. The van der Waals surface area contributed by atoms with Gasteiger partial charge >= 0.3 is 0 Å². The van der Waals surface area contributed by atoms with Crippen LogP contribution in [-0.2, 0) is 0 Å². The number of rotatable bonds is 1. The molecule has 1 N–H and O–H groups in total. The van der Waals surface area contributed by atoms with Crippen LogP contribution in [0.25, 0.3) is 0 Å². The summed E-state index contributed by atoms with van der Waals surface area (Å²) in [5.74, 6) is 0. The summed E-state index contributed by atoms with van der Waals surface area (Å²) in [6.07, 6.45) is 1.52. The van der Waals surface area contributed by atoms with Gasteiger partial charge in [0.05, 0.1) is 23.3 Å². The monoisotopic (exact) mass is 230 g/mol. The van der Waals surface area contributed by atoms with E-state index in [0.29, 0.717) is 5.56 Å². The highest BCUT2D eigenvalue weighted by molar-refractivity contribution is 5.54. The number of hydrogen-bond acceptors (Lipinski definition) is 3. The molecule has 1 aliphatic rings. The van der Waals surface area contributed by atoms with Crippen LogP contribution in [0.5, 0.6) is 0 Å². The van der Waals surface area contributed by atoms with Gasteiger partial charge in [0.15, 0.2) is 0 Å². The van der Waals surface area contributed by atoms with Crippen molar-refractivity contribution in [1.29, 1.82) is 5.26 Å². The summed E-state index contributed by atoms with van der Waals surface area (Å²) in [7, 11) is 0. The van der Waals surface area contributed by atoms with Gasteiger partial charge in [-0.2, -0.15) is 5.26 Å². The van der Waals surface area contributed by atoms with E-state index in [-0.39, 0.29) is 11.6 Å². The van der Waals surface area contributed by atoms with Crippen molar-refractivity contribution in [1.82, 2.24) is 0 Å². The molecule has 0 aromatic heterocycles. The molecule has 3 heteroatoms. The van der Waals surface area contributed by atoms with Crippen LogP contribution in [0.4, 0.5) is 5.69 Å². The highest BCUT2D eigenvalue weighted by Crippen LogP contribution is 2.32. The quantitative estimate of drug-likeness (QED) is 0.805. The van der Waals surface area contributed by atoms with Crippen LogP contribution in [0.3, 0.4) is 0 Å². The molecule has 1 aromatic rings. The average Bonchev–Trinajstić information content (AvgIpc) is 2.32. The second-order valence-electron chi connectivity index (χ2n) is 5.13. The lowest BCUT2D eigenvalue weighted by molar-refractivity contribution is 0.0711. The Morgan fingerprint density at radius 3 is 2.94 bits per heavy atom. The second-order valence-corrected chi connectivity index (χ2v) is 5.13. The maximum absolute atomic E-state index is 10.1. The van der Waals surface area contributed by atoms with Gasteiger partial charge in [0.2, 0.25) is 0 Å². The Kier molecular flexibility index (Phi) is 3.08. The molecular weight excluding hydrogens is 212 g/mol. The van der Waals surface area contributed by atoms with E-state index in [4.69, 9.17) is 5.26 Å². The predicted molar refractivity (Wildman–Crippen MR) is 67.8 cm³/mol. The van der Waals surface area contributed by atoms with Gasteiger partial charge in [0.25, 0.3) is 0 Å². The molecule has 90 valence electrons. The van der Waals surface area contributed by atoms with Crippen molar-refractivity contribution in [2.45, 2.75) is 38.3 Å². The fourth-order valence-electron chi connectivity index (χ4n) is 2.47. The Hall–Kier alpha value is -1.53. The van der Waals surface area contributed by atoms with Crippen molar-refractivity contribution in [3.05, 3.63) is 29.8 Å². The molecule has 1 saturated heterocycles. The molecule has 1 aliphatic heterocycles.